The van der Waals surface area contributed by atoms with Crippen LogP contribution in [0.4, 0.5) is 17.1 Å². The predicted molar refractivity (Wildman–Crippen MR) is 104 cm³/mol. The maximum atomic E-state index is 12.0. The van der Waals surface area contributed by atoms with E-state index in [9.17, 15) is 9.59 Å². The van der Waals surface area contributed by atoms with Gasteiger partial charge in [0.25, 0.3) is 0 Å². The van der Waals surface area contributed by atoms with Crippen LogP contribution in [0.25, 0.3) is 0 Å². The number of methoxy groups -OCH3 is 1. The molecule has 132 valence electrons. The van der Waals surface area contributed by atoms with Gasteiger partial charge in [-0.15, -0.1) is 11.3 Å². The Labute approximate surface area is 155 Å². The van der Waals surface area contributed by atoms with E-state index in [1.165, 1.54) is 7.11 Å². The minimum absolute atomic E-state index is 0.0517. The molecule has 1 amide bonds. The number of thiophene rings is 1. The number of benzene rings is 2. The quantitative estimate of drug-likeness (QED) is 0.632. The molecule has 0 fully saturated rings. The zero-order valence-corrected chi connectivity index (χ0v) is 15.0. The van der Waals surface area contributed by atoms with Gasteiger partial charge in [0.1, 0.15) is 0 Å². The van der Waals surface area contributed by atoms with E-state index in [0.717, 1.165) is 16.3 Å². The molecule has 2 aromatic carbocycles. The fraction of sp³-hybridized carbons (Fsp3) is 0.100. The van der Waals surface area contributed by atoms with Crippen LogP contribution in [-0.4, -0.2) is 19.0 Å². The smallest absolute Gasteiger partial charge is 0.339 e. The van der Waals surface area contributed by atoms with Crippen molar-refractivity contribution in [3.8, 4) is 0 Å². The van der Waals surface area contributed by atoms with E-state index >= 15 is 0 Å². The Bertz CT molecular complexity index is 890. The summed E-state index contributed by atoms with van der Waals surface area (Å²) >= 11 is 1.56. The summed E-state index contributed by atoms with van der Waals surface area (Å²) in [5.74, 6) is -0.449. The molecule has 0 saturated heterocycles. The number of rotatable bonds is 6. The number of hydrogen-bond donors (Lipinski definition) is 2. The molecule has 0 saturated carbocycles. The maximum absolute atomic E-state index is 12.0. The summed E-state index contributed by atoms with van der Waals surface area (Å²) in [7, 11) is 1.35. The van der Waals surface area contributed by atoms with E-state index in [1.54, 1.807) is 23.5 Å². The van der Waals surface area contributed by atoms with E-state index < -0.39 is 5.97 Å². The van der Waals surface area contributed by atoms with Gasteiger partial charge in [-0.3, -0.25) is 4.79 Å². The molecule has 0 spiro atoms. The predicted octanol–water partition coefficient (Wildman–Crippen LogP) is 4.46. The molecule has 0 aliphatic rings. The molecule has 0 unspecified atom stereocenters. The van der Waals surface area contributed by atoms with Crippen LogP contribution in [-0.2, 0) is 16.0 Å². The van der Waals surface area contributed by atoms with Gasteiger partial charge in [0.2, 0.25) is 5.91 Å². The van der Waals surface area contributed by atoms with Gasteiger partial charge in [0.15, 0.2) is 0 Å². The highest BCUT2D eigenvalue weighted by atomic mass is 32.1. The van der Waals surface area contributed by atoms with E-state index in [1.807, 2.05) is 53.9 Å². The molecule has 0 aliphatic carbocycles. The zero-order chi connectivity index (χ0) is 18.4. The first kappa shape index (κ1) is 17.7. The highest BCUT2D eigenvalue weighted by Crippen LogP contribution is 2.23. The second-order valence-corrected chi connectivity index (χ2v) is 6.58. The molecule has 0 aliphatic heterocycles. The second-order valence-electron chi connectivity index (χ2n) is 5.54. The summed E-state index contributed by atoms with van der Waals surface area (Å²) in [6, 6.07) is 18.3. The molecule has 0 bridgehead atoms. The number of carbonyl (C=O) groups is 2. The topological polar surface area (TPSA) is 67.4 Å². The first-order valence-electron chi connectivity index (χ1n) is 8.02. The fourth-order valence-electron chi connectivity index (χ4n) is 2.45. The molecule has 3 aromatic rings. The normalized spacial score (nSPS) is 10.2. The van der Waals surface area contributed by atoms with Gasteiger partial charge in [-0.2, -0.15) is 0 Å². The van der Waals surface area contributed by atoms with E-state index in [-0.39, 0.29) is 5.91 Å². The average molecular weight is 366 g/mol. The molecule has 0 radical (unpaired) electrons. The van der Waals surface area contributed by atoms with Gasteiger partial charge >= 0.3 is 5.97 Å². The number of esters is 1. The number of para-hydroxylation sites is 1. The number of anilines is 3. The van der Waals surface area contributed by atoms with Crippen LogP contribution in [0.2, 0.25) is 0 Å². The molecular formula is C20H18N2O3S. The van der Waals surface area contributed by atoms with Gasteiger partial charge in [0, 0.05) is 16.3 Å². The van der Waals surface area contributed by atoms with Crippen LogP contribution in [0.3, 0.4) is 0 Å². The lowest BCUT2D eigenvalue weighted by Crippen LogP contribution is -2.13. The summed E-state index contributed by atoms with van der Waals surface area (Å²) in [5.41, 5.74) is 2.65. The Morgan fingerprint density at radius 2 is 1.69 bits per heavy atom. The molecule has 6 heteroatoms. The van der Waals surface area contributed by atoms with Gasteiger partial charge in [-0.25, -0.2) is 4.79 Å². The van der Waals surface area contributed by atoms with Gasteiger partial charge in [0.05, 0.1) is 24.8 Å². The Hall–Kier alpha value is -3.12. The lowest BCUT2D eigenvalue weighted by atomic mass is 10.1. The van der Waals surface area contributed by atoms with Crippen LogP contribution >= 0.6 is 11.3 Å². The second kappa shape index (κ2) is 8.31. The molecule has 1 heterocycles. The number of ether oxygens (including phenoxy) is 1. The number of nitrogens with one attached hydrogen (secondary N) is 2. The number of carbonyl (C=O) groups excluding carboxylic acids is 2. The van der Waals surface area contributed by atoms with E-state index in [0.29, 0.717) is 17.7 Å². The van der Waals surface area contributed by atoms with Gasteiger partial charge in [-0.05, 0) is 47.8 Å². The third-order valence-corrected chi connectivity index (χ3v) is 4.57. The standard InChI is InChI=1S/C20H18N2O3S/c1-25-20(24)17-6-2-3-7-18(17)21-14-8-10-15(11-9-14)22-19(23)13-16-5-4-12-26-16/h2-12,21H,13H2,1H3,(H,22,23). The summed E-state index contributed by atoms with van der Waals surface area (Å²) < 4.78 is 4.79. The summed E-state index contributed by atoms with van der Waals surface area (Å²) in [4.78, 5) is 24.9. The zero-order valence-electron chi connectivity index (χ0n) is 14.2. The molecule has 5 nitrogen and oxygen atoms in total. The highest BCUT2D eigenvalue weighted by Gasteiger charge is 2.11. The Morgan fingerprint density at radius 1 is 0.962 bits per heavy atom. The fourth-order valence-corrected chi connectivity index (χ4v) is 3.15. The van der Waals surface area contributed by atoms with Crippen molar-refractivity contribution in [1.29, 1.82) is 0 Å². The SMILES string of the molecule is COC(=O)c1ccccc1Nc1ccc(NC(=O)Cc2cccs2)cc1. The van der Waals surface area contributed by atoms with Crippen LogP contribution in [0.15, 0.2) is 66.0 Å². The van der Waals surface area contributed by atoms with Crippen molar-refractivity contribution < 1.29 is 14.3 Å². The first-order chi connectivity index (χ1) is 12.7. The minimum Gasteiger partial charge on any atom is -0.465 e. The molecule has 26 heavy (non-hydrogen) atoms. The third kappa shape index (κ3) is 4.49. The average Bonchev–Trinajstić information content (AvgIpc) is 3.16. The maximum Gasteiger partial charge on any atom is 0.339 e. The molecule has 2 N–H and O–H groups in total. The van der Waals surface area contributed by atoms with E-state index in [2.05, 4.69) is 10.6 Å². The highest BCUT2D eigenvalue weighted by molar-refractivity contribution is 7.10. The van der Waals surface area contributed by atoms with Crippen molar-refractivity contribution >= 4 is 40.3 Å². The van der Waals surface area contributed by atoms with Crippen molar-refractivity contribution in [1.82, 2.24) is 0 Å². The van der Waals surface area contributed by atoms with Crippen LogP contribution in [0, 0.1) is 0 Å². The van der Waals surface area contributed by atoms with Crippen LogP contribution < -0.4 is 10.6 Å². The molecule has 1 aromatic heterocycles. The van der Waals surface area contributed by atoms with Crippen LogP contribution in [0.5, 0.6) is 0 Å². The third-order valence-electron chi connectivity index (χ3n) is 3.69. The number of amides is 1. The van der Waals surface area contributed by atoms with Gasteiger partial charge < -0.3 is 15.4 Å². The lowest BCUT2D eigenvalue weighted by molar-refractivity contribution is -0.115. The van der Waals surface area contributed by atoms with Gasteiger partial charge in [-0.1, -0.05) is 18.2 Å². The van der Waals surface area contributed by atoms with Crippen molar-refractivity contribution in [2.45, 2.75) is 6.42 Å². The Morgan fingerprint density at radius 3 is 2.38 bits per heavy atom. The van der Waals surface area contributed by atoms with Crippen LogP contribution in [0.1, 0.15) is 15.2 Å². The number of hydrogen-bond acceptors (Lipinski definition) is 5. The largest absolute Gasteiger partial charge is 0.465 e. The van der Waals surface area contributed by atoms with Crippen molar-refractivity contribution in [2.24, 2.45) is 0 Å². The summed E-state index contributed by atoms with van der Waals surface area (Å²) in [6.07, 6.45) is 0.365. The van der Waals surface area contributed by atoms with E-state index in [4.69, 9.17) is 4.74 Å². The molecule has 3 rings (SSSR count). The first-order valence-corrected chi connectivity index (χ1v) is 8.90. The Balaban J connectivity index is 1.65. The minimum atomic E-state index is -0.398. The Kier molecular flexibility index (Phi) is 5.66. The van der Waals surface area contributed by atoms with Crippen molar-refractivity contribution in [3.05, 3.63) is 76.5 Å². The molecule has 0 atom stereocenters. The lowest BCUT2D eigenvalue weighted by Gasteiger charge is -2.11. The van der Waals surface area contributed by atoms with Crippen molar-refractivity contribution in [2.75, 3.05) is 17.7 Å². The van der Waals surface area contributed by atoms with Crippen molar-refractivity contribution in [3.63, 3.8) is 0 Å². The monoisotopic (exact) mass is 366 g/mol. The molecular weight excluding hydrogens is 348 g/mol. The summed E-state index contributed by atoms with van der Waals surface area (Å²) in [5, 5.41) is 8.02. The summed E-state index contributed by atoms with van der Waals surface area (Å²) in [6.45, 7) is 0.